The number of aryl methyl sites for hydroxylation is 1. The normalized spacial score (nSPS) is 17.1. The first kappa shape index (κ1) is 23.8. The Morgan fingerprint density at radius 3 is 2.75 bits per heavy atom. The molecule has 36 heavy (non-hydrogen) atoms. The fourth-order valence-electron chi connectivity index (χ4n) is 4.35. The van der Waals surface area contributed by atoms with E-state index in [1.165, 1.54) is 6.07 Å². The van der Waals surface area contributed by atoms with Crippen LogP contribution in [0.4, 0.5) is 30.6 Å². The summed E-state index contributed by atoms with van der Waals surface area (Å²) in [6, 6.07) is 8.22. The van der Waals surface area contributed by atoms with Gasteiger partial charge in [-0.15, -0.1) is 0 Å². The lowest BCUT2D eigenvalue weighted by molar-refractivity contribution is -0.137. The molecule has 8 nitrogen and oxygen atoms in total. The Balaban J connectivity index is 1.23. The van der Waals surface area contributed by atoms with Crippen LogP contribution in [0.5, 0.6) is 5.88 Å². The van der Waals surface area contributed by atoms with Crippen molar-refractivity contribution in [2.45, 2.75) is 45.1 Å². The molecule has 1 amide bonds. The van der Waals surface area contributed by atoms with Gasteiger partial charge in [0.2, 0.25) is 17.7 Å². The third-order valence-corrected chi connectivity index (χ3v) is 6.43. The maximum Gasteiger partial charge on any atom is 0.416 e. The van der Waals surface area contributed by atoms with E-state index in [-0.39, 0.29) is 18.6 Å². The summed E-state index contributed by atoms with van der Waals surface area (Å²) >= 11 is 0. The van der Waals surface area contributed by atoms with Gasteiger partial charge in [0.1, 0.15) is 18.3 Å². The van der Waals surface area contributed by atoms with Crippen LogP contribution >= 0.6 is 0 Å². The van der Waals surface area contributed by atoms with Gasteiger partial charge in [0.15, 0.2) is 5.82 Å². The van der Waals surface area contributed by atoms with E-state index in [0.29, 0.717) is 30.5 Å². The van der Waals surface area contributed by atoms with E-state index in [9.17, 15) is 18.0 Å². The quantitative estimate of drug-likeness (QED) is 0.546. The van der Waals surface area contributed by atoms with Crippen molar-refractivity contribution in [2.75, 3.05) is 28.7 Å². The van der Waals surface area contributed by atoms with Crippen LogP contribution in [-0.4, -0.2) is 40.5 Å². The van der Waals surface area contributed by atoms with Crippen LogP contribution in [0.2, 0.25) is 0 Å². The molecule has 4 heterocycles. The summed E-state index contributed by atoms with van der Waals surface area (Å²) < 4.78 is 44.2. The van der Waals surface area contributed by atoms with Crippen LogP contribution in [0.15, 0.2) is 42.6 Å². The van der Waals surface area contributed by atoms with Crippen LogP contribution < -0.4 is 19.9 Å². The third kappa shape index (κ3) is 4.65. The summed E-state index contributed by atoms with van der Waals surface area (Å²) in [4.78, 5) is 29.9. The molecule has 0 aliphatic carbocycles. The molecule has 2 aliphatic rings. The molecule has 0 saturated carbocycles. The molecule has 1 N–H and O–H groups in total. The lowest BCUT2D eigenvalue weighted by Gasteiger charge is -2.41. The Hall–Kier alpha value is -3.89. The van der Waals surface area contributed by atoms with Gasteiger partial charge in [-0.25, -0.2) is 9.97 Å². The molecule has 1 aromatic carbocycles. The number of carbonyl (C=O) groups is 1. The number of anilines is 3. The second-order valence-electron chi connectivity index (χ2n) is 8.89. The molecule has 1 unspecified atom stereocenters. The minimum Gasteiger partial charge on any atom is -0.473 e. The standard InChI is InChI=1S/C25H25F3N6O2/c1-15-23(35)34-10-4-7-19-21(34)22(33(15)2)32-24(31-19)30-13-17-8-9-20(29-12-17)36-14-16-5-3-6-18(11-16)25(26,27)28/h3,5-6,8-9,11-12,15H,4,7,10,13-14H2,1-2H3,(H,30,31,32). The maximum absolute atomic E-state index is 12.9. The summed E-state index contributed by atoms with van der Waals surface area (Å²) in [6.07, 6.45) is -1.12. The Bertz CT molecular complexity index is 1280. The zero-order chi connectivity index (χ0) is 25.4. The monoisotopic (exact) mass is 498 g/mol. The van der Waals surface area contributed by atoms with Crippen molar-refractivity contribution >= 4 is 23.4 Å². The average molecular weight is 499 g/mol. The minimum atomic E-state index is -4.40. The van der Waals surface area contributed by atoms with Gasteiger partial charge in [0.05, 0.1) is 11.3 Å². The van der Waals surface area contributed by atoms with Gasteiger partial charge in [0, 0.05) is 32.4 Å². The highest BCUT2D eigenvalue weighted by Crippen LogP contribution is 2.39. The molecule has 3 aromatic rings. The molecule has 0 saturated heterocycles. The lowest BCUT2D eigenvalue weighted by atomic mass is 10.0. The van der Waals surface area contributed by atoms with Gasteiger partial charge in [-0.2, -0.15) is 18.2 Å². The Morgan fingerprint density at radius 2 is 2.00 bits per heavy atom. The number of halogens is 3. The average Bonchev–Trinajstić information content (AvgIpc) is 2.88. The Morgan fingerprint density at radius 1 is 1.17 bits per heavy atom. The fraction of sp³-hybridized carbons (Fsp3) is 0.360. The number of nitrogens with one attached hydrogen (secondary N) is 1. The molecule has 2 aromatic heterocycles. The smallest absolute Gasteiger partial charge is 0.416 e. The minimum absolute atomic E-state index is 0.0221. The van der Waals surface area contributed by atoms with Gasteiger partial charge in [-0.3, -0.25) is 4.79 Å². The number of pyridine rings is 1. The van der Waals surface area contributed by atoms with Crippen molar-refractivity contribution in [1.29, 1.82) is 0 Å². The molecule has 0 spiro atoms. The molecular formula is C25H25F3N6O2. The number of aromatic nitrogens is 3. The van der Waals surface area contributed by atoms with Crippen LogP contribution in [0.3, 0.4) is 0 Å². The summed E-state index contributed by atoms with van der Waals surface area (Å²) in [5, 5.41) is 3.23. The van der Waals surface area contributed by atoms with E-state index in [1.54, 1.807) is 23.2 Å². The number of likely N-dealkylation sites (N-methyl/N-ethyl adjacent to an activating group) is 1. The number of hydrogen-bond acceptors (Lipinski definition) is 7. The highest BCUT2D eigenvalue weighted by molar-refractivity contribution is 6.05. The van der Waals surface area contributed by atoms with Crippen LogP contribution in [-0.2, 0) is 30.5 Å². The number of ether oxygens (including phenoxy) is 1. The summed E-state index contributed by atoms with van der Waals surface area (Å²) in [5.41, 5.74) is 2.22. The summed E-state index contributed by atoms with van der Waals surface area (Å²) in [7, 11) is 1.86. The third-order valence-electron chi connectivity index (χ3n) is 6.43. The fourth-order valence-corrected chi connectivity index (χ4v) is 4.35. The SMILES string of the molecule is CC1C(=O)N2CCCc3nc(NCc4ccc(OCc5cccc(C(F)(F)F)c5)nc4)nc(c32)N1C. The zero-order valence-corrected chi connectivity index (χ0v) is 19.8. The molecule has 188 valence electrons. The van der Waals surface area contributed by atoms with E-state index in [0.717, 1.165) is 47.7 Å². The van der Waals surface area contributed by atoms with E-state index in [4.69, 9.17) is 4.74 Å². The first-order valence-corrected chi connectivity index (χ1v) is 11.6. The van der Waals surface area contributed by atoms with E-state index >= 15 is 0 Å². The van der Waals surface area contributed by atoms with Gasteiger partial charge in [-0.1, -0.05) is 18.2 Å². The number of alkyl halides is 3. The van der Waals surface area contributed by atoms with Crippen molar-refractivity contribution in [3.63, 3.8) is 0 Å². The Labute approximate surface area is 206 Å². The van der Waals surface area contributed by atoms with Crippen LogP contribution in [0, 0.1) is 0 Å². The maximum atomic E-state index is 12.9. The Kier molecular flexibility index (Phi) is 6.15. The first-order chi connectivity index (χ1) is 17.2. The van der Waals surface area contributed by atoms with Crippen LogP contribution in [0.1, 0.15) is 35.7 Å². The predicted molar refractivity (Wildman–Crippen MR) is 128 cm³/mol. The van der Waals surface area contributed by atoms with Gasteiger partial charge >= 0.3 is 6.18 Å². The highest BCUT2D eigenvalue weighted by Gasteiger charge is 2.38. The summed E-state index contributed by atoms with van der Waals surface area (Å²) in [6.45, 7) is 2.95. The lowest BCUT2D eigenvalue weighted by Crippen LogP contribution is -2.53. The topological polar surface area (TPSA) is 83.5 Å². The molecule has 1 atom stereocenters. The van der Waals surface area contributed by atoms with Crippen LogP contribution in [0.25, 0.3) is 0 Å². The van der Waals surface area contributed by atoms with Gasteiger partial charge < -0.3 is 19.9 Å². The molecule has 2 aliphatic heterocycles. The summed E-state index contributed by atoms with van der Waals surface area (Å²) in [5.74, 6) is 1.59. The van der Waals surface area contributed by atoms with E-state index in [2.05, 4.69) is 20.3 Å². The van der Waals surface area contributed by atoms with Crippen molar-refractivity contribution in [3.05, 3.63) is 65.0 Å². The zero-order valence-electron chi connectivity index (χ0n) is 19.8. The second kappa shape index (κ2) is 9.29. The number of carbonyl (C=O) groups excluding carboxylic acids is 1. The van der Waals surface area contributed by atoms with Gasteiger partial charge in [-0.05, 0) is 43.0 Å². The molecule has 5 rings (SSSR count). The second-order valence-corrected chi connectivity index (χ2v) is 8.89. The molecule has 0 bridgehead atoms. The molecule has 0 radical (unpaired) electrons. The largest absolute Gasteiger partial charge is 0.473 e. The van der Waals surface area contributed by atoms with E-state index in [1.807, 2.05) is 24.9 Å². The van der Waals surface area contributed by atoms with Crippen molar-refractivity contribution in [3.8, 4) is 5.88 Å². The number of rotatable bonds is 6. The number of hydrogen-bond donors (Lipinski definition) is 1. The predicted octanol–water partition coefficient (Wildman–Crippen LogP) is 4.20. The van der Waals surface area contributed by atoms with Crippen molar-refractivity contribution < 1.29 is 22.7 Å². The number of benzene rings is 1. The number of nitrogens with zero attached hydrogens (tertiary/aromatic N) is 5. The highest BCUT2D eigenvalue weighted by atomic mass is 19.4. The van der Waals surface area contributed by atoms with Gasteiger partial charge in [0.25, 0.3) is 0 Å². The molecular weight excluding hydrogens is 473 g/mol. The first-order valence-electron chi connectivity index (χ1n) is 11.6. The van der Waals surface area contributed by atoms with E-state index < -0.39 is 11.7 Å². The molecule has 0 fully saturated rings. The van der Waals surface area contributed by atoms with Crippen molar-refractivity contribution in [1.82, 2.24) is 15.0 Å². The molecule has 11 heteroatoms. The number of amides is 1. The van der Waals surface area contributed by atoms with Crippen molar-refractivity contribution in [2.24, 2.45) is 0 Å².